The third kappa shape index (κ3) is 20.8. The van der Waals surface area contributed by atoms with Crippen LogP contribution in [0.4, 0.5) is 34.1 Å². The standard InChI is InChI=1S/C32H49N5O.C31H47N5O.C28H41N5O/c1-10-14-15-16-17-18-25-29(32(8,9)11-2)34-30-28(27(22(5)6)35-37(30)31(25)38)33-26-20-19-24(21-23(26)7)36(12-3)13-4;1-10-13-14-15-16-17-24-28(31(7,8)9)33-29-27(26(21(4)5)34-36(29)30(24)37)32-25-19-18-23(20-22(25)6)35(11-2)12-3;1-10-13-14-21-25(28(7,8)9)30-26-24(23(18(4)5)31-33(26)27(21)34)29-22-16-15-20(17-19(22)6)32(11-2)12-3/h19-22H,10-18H2,1-9H3;18-21H,10-17H2,1-9H3;15-18H,10-14H2,1-9H3. The zero-order valence-corrected chi connectivity index (χ0v) is 72.4. The minimum Gasteiger partial charge on any atom is -0.372 e. The zero-order chi connectivity index (χ0) is 80.6. The zero-order valence-electron chi connectivity index (χ0n) is 72.4. The van der Waals surface area contributed by atoms with Gasteiger partial charge in [0.05, 0.1) is 51.3 Å². The van der Waals surface area contributed by atoms with Crippen molar-refractivity contribution in [1.29, 1.82) is 0 Å². The number of hydrogen-bond acceptors (Lipinski definition) is 15. The average Bonchev–Trinajstić information content (AvgIpc) is 1.62. The molecule has 6 aromatic rings. The van der Waals surface area contributed by atoms with Crippen molar-refractivity contribution in [2.45, 2.75) is 306 Å². The first-order valence-electron chi connectivity index (χ1n) is 41.8. The summed E-state index contributed by atoms with van der Waals surface area (Å²) in [6.07, 6.45) is 16.7. The predicted molar refractivity (Wildman–Crippen MR) is 466 cm³/mol. The van der Waals surface area contributed by atoms with E-state index >= 15 is 0 Å². The van der Waals surface area contributed by atoms with E-state index in [0.29, 0.717) is 28.9 Å². The van der Waals surface area contributed by atoms with E-state index in [1.165, 1.54) is 69.6 Å². The lowest BCUT2D eigenvalue weighted by atomic mass is 9.82. The fourth-order valence-corrected chi connectivity index (χ4v) is 14.5. The molecule has 0 unspecified atom stereocenters. The van der Waals surface area contributed by atoms with Crippen LogP contribution in [0.15, 0.2) is 99.3 Å². The number of aryl methyl sites for hydroxylation is 3. The SMILES string of the molecule is CCCCCCCc1c(C(C)(C)C)nc2n(c1=O)N=C(C(C)C)C2=Nc1ccc(N(CC)CC)cc1C.CCCCCCCc1c(C(C)(C)CC)nc2n(c1=O)N=C(C(C)C)C2=Nc1ccc(N(CC)CC)cc1C.CCCCc1c(C(C)(C)C)nc2n(c1=O)N=C(C(C)C)C2=Nc1ccc(N(CC)CC)cc1C. The fourth-order valence-electron chi connectivity index (χ4n) is 14.5. The molecule has 0 fully saturated rings. The van der Waals surface area contributed by atoms with Crippen molar-refractivity contribution in [2.24, 2.45) is 48.0 Å². The van der Waals surface area contributed by atoms with Gasteiger partial charge in [-0.25, -0.2) is 29.9 Å². The first-order valence-corrected chi connectivity index (χ1v) is 41.8. The van der Waals surface area contributed by atoms with Crippen molar-refractivity contribution in [3.05, 3.63) is 154 Å². The fraction of sp³-hybridized carbons (Fsp3) is 0.604. The van der Waals surface area contributed by atoms with Crippen molar-refractivity contribution in [1.82, 2.24) is 29.0 Å². The van der Waals surface area contributed by atoms with E-state index in [9.17, 15) is 14.4 Å². The van der Waals surface area contributed by atoms with E-state index in [0.717, 1.165) is 194 Å². The highest BCUT2D eigenvalue weighted by molar-refractivity contribution is 6.51. The molecule has 0 bridgehead atoms. The molecule has 0 saturated heterocycles. The van der Waals surface area contributed by atoms with E-state index in [1.54, 1.807) is 0 Å². The minimum atomic E-state index is -0.249. The molecule has 18 nitrogen and oxygen atoms in total. The molecule has 0 radical (unpaired) electrons. The maximum Gasteiger partial charge on any atom is 0.278 e. The number of unbranched alkanes of at least 4 members (excludes halogenated alkanes) is 9. The molecule has 594 valence electrons. The topological polar surface area (TPSA) is 189 Å². The van der Waals surface area contributed by atoms with Gasteiger partial charge in [-0.1, -0.05) is 182 Å². The second-order valence-corrected chi connectivity index (χ2v) is 33.5. The Morgan fingerprint density at radius 3 is 0.881 bits per heavy atom. The van der Waals surface area contributed by atoms with Crippen LogP contribution in [0.3, 0.4) is 0 Å². The molecule has 0 N–H and O–H groups in total. The number of benzene rings is 3. The van der Waals surface area contributed by atoms with Gasteiger partial charge in [-0.15, -0.1) is 0 Å². The van der Waals surface area contributed by atoms with Gasteiger partial charge < -0.3 is 14.7 Å². The van der Waals surface area contributed by atoms with Gasteiger partial charge in [0.1, 0.15) is 17.1 Å². The number of aliphatic imine (C=N–C) groups is 3. The quantitative estimate of drug-likeness (QED) is 0.0370. The van der Waals surface area contributed by atoms with Gasteiger partial charge in [0.25, 0.3) is 16.7 Å². The highest BCUT2D eigenvalue weighted by Crippen LogP contribution is 2.35. The van der Waals surface area contributed by atoms with Gasteiger partial charge in [-0.05, 0) is 196 Å². The Bertz CT molecular complexity index is 4500. The molecule has 0 saturated carbocycles. The van der Waals surface area contributed by atoms with Crippen LogP contribution in [0.5, 0.6) is 0 Å². The third-order valence-corrected chi connectivity index (χ3v) is 21.5. The Labute approximate surface area is 655 Å². The number of aromatic nitrogens is 6. The van der Waals surface area contributed by atoms with Crippen LogP contribution in [0.1, 0.15) is 318 Å². The van der Waals surface area contributed by atoms with Crippen LogP contribution in [0.25, 0.3) is 0 Å². The van der Waals surface area contributed by atoms with Gasteiger partial charge >= 0.3 is 0 Å². The molecule has 3 aliphatic heterocycles. The summed E-state index contributed by atoms with van der Waals surface area (Å²) in [7, 11) is 0. The van der Waals surface area contributed by atoms with Crippen LogP contribution in [-0.2, 0) is 35.5 Å². The normalized spacial score (nSPS) is 14.5. The summed E-state index contributed by atoms with van der Waals surface area (Å²) < 4.78 is 4.54. The average molecular weight is 1490 g/mol. The molecular formula is C91H137N15O3. The van der Waals surface area contributed by atoms with E-state index in [2.05, 4.69) is 256 Å². The maximum absolute atomic E-state index is 13.9. The molecule has 3 aromatic carbocycles. The molecule has 9 rings (SSSR count). The molecule has 0 atom stereocenters. The smallest absolute Gasteiger partial charge is 0.278 e. The van der Waals surface area contributed by atoms with Crippen LogP contribution in [0.2, 0.25) is 0 Å². The number of nitrogens with zero attached hydrogens (tertiary/aromatic N) is 15. The molecule has 18 heteroatoms. The predicted octanol–water partition coefficient (Wildman–Crippen LogP) is 20.8. The summed E-state index contributed by atoms with van der Waals surface area (Å²) in [5.74, 6) is 2.06. The Kier molecular flexibility index (Phi) is 31.5. The molecule has 109 heavy (non-hydrogen) atoms. The van der Waals surface area contributed by atoms with Crippen LogP contribution < -0.4 is 31.4 Å². The van der Waals surface area contributed by atoms with Gasteiger partial charge in [0.15, 0.2) is 17.5 Å². The highest BCUT2D eigenvalue weighted by atomic mass is 16.1. The number of fused-ring (bicyclic) bond motifs is 3. The molecule has 3 aliphatic rings. The first-order chi connectivity index (χ1) is 51.6. The summed E-state index contributed by atoms with van der Waals surface area (Å²) in [6, 6.07) is 19.2. The van der Waals surface area contributed by atoms with Gasteiger partial charge in [0.2, 0.25) is 0 Å². The van der Waals surface area contributed by atoms with Gasteiger partial charge in [0, 0.05) is 89.3 Å². The number of hydrogen-bond donors (Lipinski definition) is 0. The Morgan fingerprint density at radius 2 is 0.633 bits per heavy atom. The summed E-state index contributed by atoms with van der Waals surface area (Å²) >= 11 is 0. The van der Waals surface area contributed by atoms with E-state index in [1.807, 2.05) is 0 Å². The Hall–Kier alpha value is -8.28. The lowest BCUT2D eigenvalue weighted by molar-refractivity contribution is 0.475. The summed E-state index contributed by atoms with van der Waals surface area (Å²) in [4.78, 5) is 79.0. The molecule has 0 spiro atoms. The lowest BCUT2D eigenvalue weighted by Crippen LogP contribution is -2.32. The van der Waals surface area contributed by atoms with Crippen molar-refractivity contribution < 1.29 is 0 Å². The van der Waals surface area contributed by atoms with Crippen molar-refractivity contribution in [2.75, 3.05) is 54.0 Å². The Balaban J connectivity index is 0.000000228. The van der Waals surface area contributed by atoms with Crippen molar-refractivity contribution in [3.8, 4) is 0 Å². The minimum absolute atomic E-state index is 0.0287. The van der Waals surface area contributed by atoms with E-state index in [4.69, 9.17) is 45.2 Å². The van der Waals surface area contributed by atoms with Crippen molar-refractivity contribution >= 4 is 68.4 Å². The largest absolute Gasteiger partial charge is 0.372 e. The molecule has 0 amide bonds. The van der Waals surface area contributed by atoms with Crippen molar-refractivity contribution in [3.63, 3.8) is 0 Å². The Morgan fingerprint density at radius 1 is 0.367 bits per heavy atom. The second-order valence-electron chi connectivity index (χ2n) is 33.5. The van der Waals surface area contributed by atoms with E-state index < -0.39 is 0 Å². The summed E-state index contributed by atoms with van der Waals surface area (Å²) in [5, 5.41) is 14.3. The highest BCUT2D eigenvalue weighted by Gasteiger charge is 2.37. The third-order valence-electron chi connectivity index (χ3n) is 21.5. The summed E-state index contributed by atoms with van der Waals surface area (Å²) in [5.41, 5.74) is 18.4. The molecule has 6 heterocycles. The maximum atomic E-state index is 13.9. The number of rotatable bonds is 32. The van der Waals surface area contributed by atoms with Gasteiger partial charge in [-0.3, -0.25) is 14.4 Å². The first kappa shape index (κ1) is 87.9. The van der Waals surface area contributed by atoms with E-state index in [-0.39, 0.29) is 50.7 Å². The van der Waals surface area contributed by atoms with Crippen LogP contribution in [-0.4, -0.2) is 103 Å². The molecular weight excluding hydrogens is 1350 g/mol. The second kappa shape index (κ2) is 39.1. The lowest BCUT2D eigenvalue weighted by Gasteiger charge is -2.25. The number of anilines is 3. The van der Waals surface area contributed by atoms with Gasteiger partial charge in [-0.2, -0.15) is 29.3 Å². The molecule has 0 aliphatic carbocycles. The summed E-state index contributed by atoms with van der Waals surface area (Å²) in [6.45, 7) is 63.6. The van der Waals surface area contributed by atoms with Crippen LogP contribution >= 0.6 is 0 Å². The van der Waals surface area contributed by atoms with Crippen LogP contribution in [0, 0.1) is 38.5 Å². The monoisotopic (exact) mass is 1490 g/mol. The molecule has 3 aromatic heterocycles.